The summed E-state index contributed by atoms with van der Waals surface area (Å²) in [6.07, 6.45) is 1.35. The minimum absolute atomic E-state index is 0.159. The van der Waals surface area contributed by atoms with Crippen molar-refractivity contribution in [3.8, 4) is 0 Å². The molecule has 0 unspecified atom stereocenters. The Kier molecular flexibility index (Phi) is 3.48. The molecule has 0 spiro atoms. The summed E-state index contributed by atoms with van der Waals surface area (Å²) < 4.78 is 5.35. The summed E-state index contributed by atoms with van der Waals surface area (Å²) in [5.74, 6) is 0.177. The van der Waals surface area contributed by atoms with Gasteiger partial charge in [0, 0.05) is 6.42 Å². The van der Waals surface area contributed by atoms with Gasteiger partial charge < -0.3 is 9.64 Å². The number of rotatable bonds is 3. The number of hydrogen-bond donors (Lipinski definition) is 0. The molecule has 1 aliphatic heterocycles. The van der Waals surface area contributed by atoms with Crippen molar-refractivity contribution >= 4 is 5.91 Å². The lowest BCUT2D eigenvalue weighted by molar-refractivity contribution is -0.135. The van der Waals surface area contributed by atoms with Gasteiger partial charge in [0.05, 0.1) is 12.1 Å². The molecule has 0 bridgehead atoms. The summed E-state index contributed by atoms with van der Waals surface area (Å²) >= 11 is 0. The molecular formula is C14H19NO2. The predicted molar refractivity (Wildman–Crippen MR) is 66.5 cm³/mol. The number of ether oxygens (including phenoxy) is 1. The van der Waals surface area contributed by atoms with Crippen LogP contribution in [-0.4, -0.2) is 29.7 Å². The molecule has 3 nitrogen and oxygen atoms in total. The maximum atomic E-state index is 12.1. The average Bonchev–Trinajstić information content (AvgIpc) is 2.67. The summed E-state index contributed by atoms with van der Waals surface area (Å²) in [6, 6.07) is 10.1. The third kappa shape index (κ3) is 2.86. The number of aryl methyl sites for hydroxylation is 1. The van der Waals surface area contributed by atoms with Gasteiger partial charge in [-0.3, -0.25) is 4.79 Å². The van der Waals surface area contributed by atoms with E-state index in [1.807, 2.05) is 36.9 Å². The lowest BCUT2D eigenvalue weighted by Gasteiger charge is -2.29. The molecule has 0 atom stereocenters. The number of carbonyl (C=O) groups is 1. The zero-order chi connectivity index (χ0) is 12.3. The molecule has 0 aromatic heterocycles. The van der Waals surface area contributed by atoms with Crippen LogP contribution in [0.15, 0.2) is 30.3 Å². The maximum absolute atomic E-state index is 12.1. The van der Waals surface area contributed by atoms with Gasteiger partial charge >= 0.3 is 0 Å². The summed E-state index contributed by atoms with van der Waals surface area (Å²) in [5.41, 5.74) is 1.05. The fourth-order valence-corrected chi connectivity index (χ4v) is 2.08. The Hall–Kier alpha value is -1.35. The van der Waals surface area contributed by atoms with Crippen LogP contribution in [0.5, 0.6) is 0 Å². The van der Waals surface area contributed by atoms with E-state index < -0.39 is 0 Å². The Labute approximate surface area is 102 Å². The molecular weight excluding hydrogens is 214 g/mol. The third-order valence-electron chi connectivity index (χ3n) is 3.18. The lowest BCUT2D eigenvalue weighted by Crippen LogP contribution is -2.44. The first-order valence-electron chi connectivity index (χ1n) is 6.02. The Balaban J connectivity index is 1.90. The van der Waals surface area contributed by atoms with Crippen LogP contribution in [0.3, 0.4) is 0 Å². The van der Waals surface area contributed by atoms with E-state index in [4.69, 9.17) is 4.74 Å². The van der Waals surface area contributed by atoms with Gasteiger partial charge in [-0.2, -0.15) is 0 Å². The van der Waals surface area contributed by atoms with E-state index in [0.29, 0.717) is 19.8 Å². The highest BCUT2D eigenvalue weighted by molar-refractivity contribution is 5.77. The second-order valence-corrected chi connectivity index (χ2v) is 5.10. The van der Waals surface area contributed by atoms with Gasteiger partial charge in [0.2, 0.25) is 5.91 Å². The predicted octanol–water partition coefficient (Wildman–Crippen LogP) is 2.21. The van der Waals surface area contributed by atoms with E-state index in [0.717, 1.165) is 6.42 Å². The van der Waals surface area contributed by atoms with E-state index in [-0.39, 0.29) is 11.4 Å². The van der Waals surface area contributed by atoms with Crippen molar-refractivity contribution in [3.63, 3.8) is 0 Å². The highest BCUT2D eigenvalue weighted by Crippen LogP contribution is 2.22. The van der Waals surface area contributed by atoms with Crippen LogP contribution >= 0.6 is 0 Å². The summed E-state index contributed by atoms with van der Waals surface area (Å²) in [7, 11) is 0. The Morgan fingerprint density at radius 2 is 2.06 bits per heavy atom. The van der Waals surface area contributed by atoms with E-state index in [1.165, 1.54) is 5.56 Å². The van der Waals surface area contributed by atoms with Crippen LogP contribution in [0, 0.1) is 0 Å². The van der Waals surface area contributed by atoms with E-state index in [9.17, 15) is 4.79 Å². The van der Waals surface area contributed by atoms with Crippen molar-refractivity contribution in [1.29, 1.82) is 0 Å². The van der Waals surface area contributed by atoms with Crippen LogP contribution in [0.25, 0.3) is 0 Å². The molecule has 0 N–H and O–H groups in total. The molecule has 0 saturated carbocycles. The van der Waals surface area contributed by atoms with Crippen molar-refractivity contribution in [1.82, 2.24) is 4.90 Å². The molecule has 3 heteroatoms. The van der Waals surface area contributed by atoms with E-state index in [1.54, 1.807) is 0 Å². The topological polar surface area (TPSA) is 29.5 Å². The van der Waals surface area contributed by atoms with Crippen LogP contribution in [0.2, 0.25) is 0 Å². The normalized spacial score (nSPS) is 18.4. The maximum Gasteiger partial charge on any atom is 0.225 e. The smallest absolute Gasteiger partial charge is 0.225 e. The van der Waals surface area contributed by atoms with Gasteiger partial charge in [-0.25, -0.2) is 0 Å². The first-order chi connectivity index (χ1) is 8.09. The molecule has 0 radical (unpaired) electrons. The SMILES string of the molecule is CC1(C)COCN1C(=O)CCc1ccccc1. The molecule has 1 saturated heterocycles. The number of carbonyl (C=O) groups excluding carboxylic acids is 1. The second kappa shape index (κ2) is 4.88. The van der Waals surface area contributed by atoms with Gasteiger partial charge in [-0.05, 0) is 25.8 Å². The summed E-state index contributed by atoms with van der Waals surface area (Å²) in [4.78, 5) is 13.9. The summed E-state index contributed by atoms with van der Waals surface area (Å²) in [6.45, 7) is 5.14. The average molecular weight is 233 g/mol. The fraction of sp³-hybridized carbons (Fsp3) is 0.500. The van der Waals surface area contributed by atoms with Gasteiger partial charge in [-0.15, -0.1) is 0 Å². The molecule has 92 valence electrons. The third-order valence-corrected chi connectivity index (χ3v) is 3.18. The largest absolute Gasteiger partial charge is 0.359 e. The van der Waals surface area contributed by atoms with Crippen molar-refractivity contribution in [2.45, 2.75) is 32.2 Å². The van der Waals surface area contributed by atoms with Crippen molar-refractivity contribution in [2.75, 3.05) is 13.3 Å². The highest BCUT2D eigenvalue weighted by Gasteiger charge is 2.35. The first-order valence-corrected chi connectivity index (χ1v) is 6.02. The van der Waals surface area contributed by atoms with Gasteiger partial charge in [0.25, 0.3) is 0 Å². The Morgan fingerprint density at radius 3 is 2.65 bits per heavy atom. The number of hydrogen-bond acceptors (Lipinski definition) is 2. The van der Waals surface area contributed by atoms with Crippen molar-refractivity contribution < 1.29 is 9.53 Å². The first kappa shape index (κ1) is 12.1. The fourth-order valence-electron chi connectivity index (χ4n) is 2.08. The number of amides is 1. The molecule has 0 aliphatic carbocycles. The molecule has 1 aromatic carbocycles. The van der Waals surface area contributed by atoms with Gasteiger partial charge in [0.1, 0.15) is 6.73 Å². The second-order valence-electron chi connectivity index (χ2n) is 5.10. The van der Waals surface area contributed by atoms with Gasteiger partial charge in [-0.1, -0.05) is 30.3 Å². The van der Waals surface area contributed by atoms with Crippen molar-refractivity contribution in [3.05, 3.63) is 35.9 Å². The Morgan fingerprint density at radius 1 is 1.35 bits per heavy atom. The Bertz CT molecular complexity index is 386. The highest BCUT2D eigenvalue weighted by atomic mass is 16.5. The van der Waals surface area contributed by atoms with Crippen LogP contribution in [0.4, 0.5) is 0 Å². The monoisotopic (exact) mass is 233 g/mol. The van der Waals surface area contributed by atoms with Crippen molar-refractivity contribution in [2.24, 2.45) is 0 Å². The van der Waals surface area contributed by atoms with Crippen LogP contribution in [0.1, 0.15) is 25.8 Å². The molecule has 17 heavy (non-hydrogen) atoms. The number of nitrogens with zero attached hydrogens (tertiary/aromatic N) is 1. The minimum Gasteiger partial charge on any atom is -0.359 e. The molecule has 2 rings (SSSR count). The minimum atomic E-state index is -0.159. The zero-order valence-electron chi connectivity index (χ0n) is 10.5. The molecule has 1 heterocycles. The summed E-state index contributed by atoms with van der Waals surface area (Å²) in [5, 5.41) is 0. The number of benzene rings is 1. The standard InChI is InChI=1S/C14H19NO2/c1-14(2)10-17-11-15(14)13(16)9-8-12-6-4-3-5-7-12/h3-7H,8-11H2,1-2H3. The zero-order valence-corrected chi connectivity index (χ0v) is 10.5. The molecule has 1 aromatic rings. The molecule has 1 fully saturated rings. The molecule has 1 aliphatic rings. The van der Waals surface area contributed by atoms with E-state index >= 15 is 0 Å². The van der Waals surface area contributed by atoms with E-state index in [2.05, 4.69) is 12.1 Å². The van der Waals surface area contributed by atoms with Crippen LogP contribution in [-0.2, 0) is 16.0 Å². The lowest BCUT2D eigenvalue weighted by atomic mass is 10.0. The van der Waals surface area contributed by atoms with Gasteiger partial charge in [0.15, 0.2) is 0 Å². The van der Waals surface area contributed by atoms with Crippen LogP contribution < -0.4 is 0 Å². The molecule has 1 amide bonds. The quantitative estimate of drug-likeness (QED) is 0.801.